The number of aromatic nitrogens is 2. The largest absolute Gasteiger partial charge is 0.493 e. The van der Waals surface area contributed by atoms with Gasteiger partial charge in [0.15, 0.2) is 15.8 Å². The van der Waals surface area contributed by atoms with Gasteiger partial charge >= 0.3 is 6.18 Å². The van der Waals surface area contributed by atoms with Gasteiger partial charge in [-0.25, -0.2) is 0 Å². The van der Waals surface area contributed by atoms with Gasteiger partial charge in [-0.1, -0.05) is 29.2 Å². The Morgan fingerprint density at radius 1 is 1.03 bits per heavy atom. The number of hydrogen-bond acceptors (Lipinski definition) is 8. The third-order valence-electron chi connectivity index (χ3n) is 4.29. The van der Waals surface area contributed by atoms with Crippen molar-refractivity contribution < 1.29 is 32.2 Å². The van der Waals surface area contributed by atoms with Gasteiger partial charge in [-0.15, -0.1) is 10.2 Å². The van der Waals surface area contributed by atoms with E-state index in [4.69, 9.17) is 9.47 Å². The van der Waals surface area contributed by atoms with Crippen molar-refractivity contribution in [1.29, 1.82) is 0 Å². The minimum absolute atomic E-state index is 0.0389. The smallest absolute Gasteiger partial charge is 0.416 e. The highest BCUT2D eigenvalue weighted by atomic mass is 32.2. The van der Waals surface area contributed by atoms with E-state index in [0.717, 1.165) is 40.8 Å². The van der Waals surface area contributed by atoms with E-state index in [0.29, 0.717) is 15.8 Å². The molecule has 184 valence electrons. The van der Waals surface area contributed by atoms with Gasteiger partial charge in [0.1, 0.15) is 0 Å². The number of hydrogen-bond donors (Lipinski definition) is 2. The van der Waals surface area contributed by atoms with Crippen LogP contribution in [0.15, 0.2) is 52.9 Å². The molecule has 35 heavy (non-hydrogen) atoms. The van der Waals surface area contributed by atoms with Crippen molar-refractivity contribution in [2.75, 3.05) is 30.6 Å². The lowest BCUT2D eigenvalue weighted by molar-refractivity contribution is -0.137. The number of nitrogens with one attached hydrogen (secondary N) is 2. The number of halogens is 3. The van der Waals surface area contributed by atoms with Crippen molar-refractivity contribution in [3.8, 4) is 11.5 Å². The van der Waals surface area contributed by atoms with Gasteiger partial charge in [0.2, 0.25) is 16.9 Å². The maximum absolute atomic E-state index is 12.6. The molecule has 8 nitrogen and oxygen atoms in total. The molecule has 2 amide bonds. The van der Waals surface area contributed by atoms with Crippen LogP contribution in [0, 0.1) is 0 Å². The van der Waals surface area contributed by atoms with E-state index >= 15 is 0 Å². The van der Waals surface area contributed by atoms with E-state index in [1.165, 1.54) is 32.4 Å². The molecule has 13 heteroatoms. The summed E-state index contributed by atoms with van der Waals surface area (Å²) in [6.45, 7) is 0. The fourth-order valence-corrected chi connectivity index (χ4v) is 4.22. The van der Waals surface area contributed by atoms with Crippen LogP contribution in [0.3, 0.4) is 0 Å². The van der Waals surface area contributed by atoms with Crippen LogP contribution in [0.4, 0.5) is 24.0 Å². The molecule has 0 saturated carbocycles. The first-order chi connectivity index (χ1) is 16.7. The summed E-state index contributed by atoms with van der Waals surface area (Å²) in [5.41, 5.74) is 0.173. The van der Waals surface area contributed by atoms with Gasteiger partial charge in [-0.05, 0) is 48.0 Å². The number of carbonyl (C=O) groups excluding carboxylic acids is 2. The molecular weight excluding hydrogens is 505 g/mol. The Morgan fingerprint density at radius 3 is 2.40 bits per heavy atom. The number of ether oxygens (including phenoxy) is 2. The molecule has 0 aliphatic carbocycles. The molecule has 1 aromatic heterocycles. The maximum Gasteiger partial charge on any atom is 0.416 e. The van der Waals surface area contributed by atoms with Gasteiger partial charge in [-0.2, -0.15) is 13.2 Å². The first-order valence-corrected chi connectivity index (χ1v) is 11.6. The summed E-state index contributed by atoms with van der Waals surface area (Å²) in [7, 11) is 3.04. The normalized spacial score (nSPS) is 11.3. The highest BCUT2D eigenvalue weighted by molar-refractivity contribution is 8.01. The molecule has 0 bridgehead atoms. The zero-order chi connectivity index (χ0) is 25.4. The number of carbonyl (C=O) groups is 2. The molecular formula is C22H19F3N4O4S2. The zero-order valence-electron chi connectivity index (χ0n) is 18.4. The summed E-state index contributed by atoms with van der Waals surface area (Å²) in [6, 6.07) is 9.35. The summed E-state index contributed by atoms with van der Waals surface area (Å²) in [4.78, 5) is 24.2. The number of nitrogens with zero attached hydrogens (tertiary/aromatic N) is 2. The van der Waals surface area contributed by atoms with Crippen LogP contribution in [-0.4, -0.2) is 42.0 Å². The van der Waals surface area contributed by atoms with Crippen molar-refractivity contribution in [3.63, 3.8) is 0 Å². The second-order valence-corrected chi connectivity index (χ2v) is 8.92. The number of thioether (sulfide) groups is 1. The van der Waals surface area contributed by atoms with Gasteiger partial charge in [0.05, 0.1) is 25.5 Å². The highest BCUT2D eigenvalue weighted by Gasteiger charge is 2.30. The van der Waals surface area contributed by atoms with Crippen LogP contribution in [0.2, 0.25) is 0 Å². The van der Waals surface area contributed by atoms with Crippen LogP contribution >= 0.6 is 23.1 Å². The second kappa shape index (κ2) is 11.7. The fraction of sp³-hybridized carbons (Fsp3) is 0.182. The molecule has 0 aliphatic heterocycles. The number of anilines is 2. The van der Waals surface area contributed by atoms with Crippen molar-refractivity contribution in [2.24, 2.45) is 0 Å². The lowest BCUT2D eigenvalue weighted by Gasteiger charge is -2.08. The standard InChI is InChI=1S/C22H19F3N4O4S2/c1-32-16-9-3-13(11-17(16)33-2)4-10-18(30)27-20-28-29-21(35-20)34-12-19(31)26-15-7-5-14(6-8-15)22(23,24)25/h3-11H,12H2,1-2H3,(H,26,31)(H,27,28,30)/b10-4+. The van der Waals surface area contributed by atoms with E-state index < -0.39 is 23.6 Å². The summed E-state index contributed by atoms with van der Waals surface area (Å²) in [6.07, 6.45) is -1.52. The Kier molecular flexibility index (Phi) is 8.71. The van der Waals surface area contributed by atoms with Crippen molar-refractivity contribution in [3.05, 3.63) is 59.7 Å². The van der Waals surface area contributed by atoms with Gasteiger partial charge < -0.3 is 14.8 Å². The van der Waals surface area contributed by atoms with Gasteiger partial charge in [0.25, 0.3) is 0 Å². The molecule has 0 atom stereocenters. The summed E-state index contributed by atoms with van der Waals surface area (Å²) in [5, 5.41) is 13.1. The first-order valence-electron chi connectivity index (χ1n) is 9.82. The molecule has 0 radical (unpaired) electrons. The number of methoxy groups -OCH3 is 2. The predicted molar refractivity (Wildman–Crippen MR) is 128 cm³/mol. The third-order valence-corrected chi connectivity index (χ3v) is 6.27. The molecule has 0 unspecified atom stereocenters. The quantitative estimate of drug-likeness (QED) is 0.232. The average Bonchev–Trinajstić information content (AvgIpc) is 3.28. The molecule has 0 saturated heterocycles. The second-order valence-electron chi connectivity index (χ2n) is 6.72. The molecule has 3 aromatic rings. The molecule has 2 N–H and O–H groups in total. The Bertz CT molecular complexity index is 1210. The average molecular weight is 525 g/mol. The topological polar surface area (TPSA) is 102 Å². The first kappa shape index (κ1) is 26.0. The van der Waals surface area contributed by atoms with Crippen molar-refractivity contribution >= 4 is 51.8 Å². The minimum atomic E-state index is -4.44. The van der Waals surface area contributed by atoms with Crippen LogP contribution in [0.5, 0.6) is 11.5 Å². The monoisotopic (exact) mass is 524 g/mol. The molecule has 0 fully saturated rings. The predicted octanol–water partition coefficient (Wildman–Crippen LogP) is 4.96. The molecule has 3 rings (SSSR count). The van der Waals surface area contributed by atoms with E-state index in [2.05, 4.69) is 20.8 Å². The van der Waals surface area contributed by atoms with E-state index in [1.807, 2.05) is 0 Å². The lowest BCUT2D eigenvalue weighted by atomic mass is 10.2. The highest BCUT2D eigenvalue weighted by Crippen LogP contribution is 2.30. The van der Waals surface area contributed by atoms with Crippen LogP contribution in [0.25, 0.3) is 6.08 Å². The summed E-state index contributed by atoms with van der Waals surface area (Å²) < 4.78 is 48.6. The molecule has 0 aliphatic rings. The Hall–Kier alpha value is -3.58. The summed E-state index contributed by atoms with van der Waals surface area (Å²) in [5.74, 6) is 0.216. The van der Waals surface area contributed by atoms with E-state index in [-0.39, 0.29) is 16.6 Å². The number of rotatable bonds is 9. The van der Waals surface area contributed by atoms with Crippen molar-refractivity contribution in [2.45, 2.75) is 10.5 Å². The summed E-state index contributed by atoms with van der Waals surface area (Å²) >= 11 is 2.16. The van der Waals surface area contributed by atoms with E-state index in [1.54, 1.807) is 24.3 Å². The number of alkyl halides is 3. The van der Waals surface area contributed by atoms with Crippen LogP contribution in [0.1, 0.15) is 11.1 Å². The van der Waals surface area contributed by atoms with Crippen molar-refractivity contribution in [1.82, 2.24) is 10.2 Å². The van der Waals surface area contributed by atoms with Gasteiger partial charge in [0, 0.05) is 11.8 Å². The Balaban J connectivity index is 1.48. The molecule has 1 heterocycles. The van der Waals surface area contributed by atoms with E-state index in [9.17, 15) is 22.8 Å². The van der Waals surface area contributed by atoms with Gasteiger partial charge in [-0.3, -0.25) is 14.9 Å². The Labute approximate surface area is 206 Å². The fourth-order valence-electron chi connectivity index (χ4n) is 2.66. The lowest BCUT2D eigenvalue weighted by Crippen LogP contribution is -2.14. The van der Waals surface area contributed by atoms with Crippen LogP contribution < -0.4 is 20.1 Å². The SMILES string of the molecule is COc1ccc(/C=C/C(=O)Nc2nnc(SCC(=O)Nc3ccc(C(F)(F)F)cc3)s2)cc1OC. The number of amides is 2. The third kappa shape index (κ3) is 7.72. The van der Waals surface area contributed by atoms with Crippen LogP contribution in [-0.2, 0) is 15.8 Å². The zero-order valence-corrected chi connectivity index (χ0v) is 20.0. The maximum atomic E-state index is 12.6. The molecule has 0 spiro atoms. The minimum Gasteiger partial charge on any atom is -0.493 e. The number of benzene rings is 2. The Morgan fingerprint density at radius 2 is 1.74 bits per heavy atom. The molecule has 2 aromatic carbocycles.